The number of sulfonamides is 1. The monoisotopic (exact) mass is 449 g/mol. The van der Waals surface area contributed by atoms with Crippen LogP contribution in [0.2, 0.25) is 0 Å². The molecule has 1 heterocycles. The molecule has 0 saturated carbocycles. The van der Waals surface area contributed by atoms with Crippen LogP contribution in [0, 0.1) is 0 Å². The Bertz CT molecular complexity index is 1370. The molecule has 4 rings (SSSR count). The zero-order chi connectivity index (χ0) is 22.9. The molecule has 3 aromatic carbocycles. The van der Waals surface area contributed by atoms with Gasteiger partial charge in [-0.25, -0.2) is 8.42 Å². The molecule has 7 heteroatoms. The molecule has 6 nitrogen and oxygen atoms in total. The third-order valence-electron chi connectivity index (χ3n) is 5.55. The minimum atomic E-state index is -3.32. The minimum Gasteiger partial charge on any atom is -0.497 e. The van der Waals surface area contributed by atoms with E-state index in [1.54, 1.807) is 19.2 Å². The fourth-order valence-corrected chi connectivity index (χ4v) is 4.75. The lowest BCUT2D eigenvalue weighted by Crippen LogP contribution is -2.09. The van der Waals surface area contributed by atoms with E-state index in [1.165, 1.54) is 0 Å². The van der Waals surface area contributed by atoms with Crippen LogP contribution in [0.25, 0.3) is 33.3 Å². The average molecular weight is 450 g/mol. The highest BCUT2D eigenvalue weighted by molar-refractivity contribution is 7.92. The van der Waals surface area contributed by atoms with E-state index in [4.69, 9.17) is 10.5 Å². The number of fused-ring (bicyclic) bond motifs is 1. The summed E-state index contributed by atoms with van der Waals surface area (Å²) in [6.07, 6.45) is 1.14. The molecule has 0 radical (unpaired) electrons. The maximum absolute atomic E-state index is 11.5. The van der Waals surface area contributed by atoms with E-state index in [2.05, 4.69) is 40.5 Å². The highest BCUT2D eigenvalue weighted by Crippen LogP contribution is 2.37. The van der Waals surface area contributed by atoms with Crippen LogP contribution in [-0.2, 0) is 23.1 Å². The standard InChI is InChI=1S/C25H27N3O3S/c1-4-28-24-13-10-19(18-6-5-7-21(14-18)31-2)15-22(24)23(16-26)25(28)17-8-11-20(12-9-17)27-32(3,29)30/h5-15,27H,4,16,26H2,1-3H3. The first-order valence-electron chi connectivity index (χ1n) is 10.4. The third-order valence-corrected chi connectivity index (χ3v) is 6.16. The van der Waals surface area contributed by atoms with Crippen molar-refractivity contribution in [2.45, 2.75) is 20.0 Å². The smallest absolute Gasteiger partial charge is 0.229 e. The van der Waals surface area contributed by atoms with E-state index in [0.29, 0.717) is 12.2 Å². The van der Waals surface area contributed by atoms with Gasteiger partial charge in [0.25, 0.3) is 0 Å². The first-order valence-corrected chi connectivity index (χ1v) is 12.3. The second-order valence-electron chi connectivity index (χ2n) is 7.69. The van der Waals surface area contributed by atoms with Crippen LogP contribution < -0.4 is 15.2 Å². The molecular formula is C25H27N3O3S. The number of methoxy groups -OCH3 is 1. The van der Waals surface area contributed by atoms with E-state index in [1.807, 2.05) is 30.3 Å². The molecule has 166 valence electrons. The Morgan fingerprint density at radius 1 is 0.969 bits per heavy atom. The molecular weight excluding hydrogens is 422 g/mol. The van der Waals surface area contributed by atoms with E-state index >= 15 is 0 Å². The van der Waals surface area contributed by atoms with Crippen LogP contribution in [0.5, 0.6) is 5.75 Å². The van der Waals surface area contributed by atoms with Gasteiger partial charge in [-0.15, -0.1) is 0 Å². The van der Waals surface area contributed by atoms with Crippen LogP contribution in [0.4, 0.5) is 5.69 Å². The molecule has 32 heavy (non-hydrogen) atoms. The number of anilines is 1. The summed E-state index contributed by atoms with van der Waals surface area (Å²) in [7, 11) is -1.66. The zero-order valence-corrected chi connectivity index (χ0v) is 19.2. The Hall–Kier alpha value is -3.29. The molecule has 1 aromatic heterocycles. The van der Waals surface area contributed by atoms with Crippen molar-refractivity contribution in [3.8, 4) is 28.1 Å². The quantitative estimate of drug-likeness (QED) is 0.423. The number of benzene rings is 3. The lowest BCUT2D eigenvalue weighted by molar-refractivity contribution is 0.415. The number of aromatic nitrogens is 1. The van der Waals surface area contributed by atoms with Gasteiger partial charge < -0.3 is 15.0 Å². The summed E-state index contributed by atoms with van der Waals surface area (Å²) in [5.41, 5.74) is 13.2. The van der Waals surface area contributed by atoms with Gasteiger partial charge in [-0.3, -0.25) is 4.72 Å². The number of rotatable bonds is 7. The number of hydrogen-bond donors (Lipinski definition) is 2. The molecule has 0 unspecified atom stereocenters. The van der Waals surface area contributed by atoms with Crippen molar-refractivity contribution in [3.63, 3.8) is 0 Å². The lowest BCUT2D eigenvalue weighted by Gasteiger charge is -2.11. The van der Waals surface area contributed by atoms with Crippen LogP contribution in [0.1, 0.15) is 12.5 Å². The fourth-order valence-electron chi connectivity index (χ4n) is 4.18. The number of nitrogens with zero attached hydrogens (tertiary/aromatic N) is 1. The van der Waals surface area contributed by atoms with Crippen LogP contribution in [-0.4, -0.2) is 26.4 Å². The Kier molecular flexibility index (Phi) is 5.95. The van der Waals surface area contributed by atoms with Crippen molar-refractivity contribution in [2.75, 3.05) is 18.1 Å². The van der Waals surface area contributed by atoms with Crippen LogP contribution in [0.3, 0.4) is 0 Å². The third kappa shape index (κ3) is 4.22. The molecule has 0 saturated heterocycles. The summed E-state index contributed by atoms with van der Waals surface area (Å²) >= 11 is 0. The summed E-state index contributed by atoms with van der Waals surface area (Å²) in [5, 5.41) is 1.11. The fraction of sp³-hybridized carbons (Fsp3) is 0.200. The summed E-state index contributed by atoms with van der Waals surface area (Å²) in [6, 6.07) is 21.8. The summed E-state index contributed by atoms with van der Waals surface area (Å²) in [5.74, 6) is 0.816. The Morgan fingerprint density at radius 2 is 1.66 bits per heavy atom. The van der Waals surface area contributed by atoms with Crippen molar-refractivity contribution < 1.29 is 13.2 Å². The van der Waals surface area contributed by atoms with Gasteiger partial charge in [-0.1, -0.05) is 30.3 Å². The maximum Gasteiger partial charge on any atom is 0.229 e. The second kappa shape index (κ2) is 8.68. The van der Waals surface area contributed by atoms with Gasteiger partial charge in [-0.2, -0.15) is 0 Å². The van der Waals surface area contributed by atoms with Gasteiger partial charge in [0.1, 0.15) is 5.75 Å². The topological polar surface area (TPSA) is 86.4 Å². The van der Waals surface area contributed by atoms with Crippen molar-refractivity contribution in [3.05, 3.63) is 72.3 Å². The molecule has 0 spiro atoms. The Balaban J connectivity index is 1.86. The van der Waals surface area contributed by atoms with Gasteiger partial charge in [0, 0.05) is 29.7 Å². The van der Waals surface area contributed by atoms with Crippen molar-refractivity contribution in [2.24, 2.45) is 5.73 Å². The first-order chi connectivity index (χ1) is 15.3. The highest BCUT2D eigenvalue weighted by atomic mass is 32.2. The van der Waals surface area contributed by atoms with Crippen molar-refractivity contribution in [1.82, 2.24) is 4.57 Å². The van der Waals surface area contributed by atoms with Crippen LogP contribution in [0.15, 0.2) is 66.7 Å². The van der Waals surface area contributed by atoms with Gasteiger partial charge >= 0.3 is 0 Å². The van der Waals surface area contributed by atoms with E-state index in [9.17, 15) is 8.42 Å². The highest BCUT2D eigenvalue weighted by Gasteiger charge is 2.18. The number of hydrogen-bond acceptors (Lipinski definition) is 4. The van der Waals surface area contributed by atoms with Gasteiger partial charge in [0.2, 0.25) is 10.0 Å². The molecule has 0 aliphatic rings. The van der Waals surface area contributed by atoms with Gasteiger partial charge in [-0.05, 0) is 65.6 Å². The van der Waals surface area contributed by atoms with Crippen molar-refractivity contribution >= 4 is 26.6 Å². The van der Waals surface area contributed by atoms with Crippen molar-refractivity contribution in [1.29, 1.82) is 0 Å². The number of ether oxygens (including phenoxy) is 1. The predicted molar refractivity (Wildman–Crippen MR) is 131 cm³/mol. The van der Waals surface area contributed by atoms with E-state index in [-0.39, 0.29) is 0 Å². The SMILES string of the molecule is CCn1c(-c2ccc(NS(C)(=O)=O)cc2)c(CN)c2cc(-c3cccc(OC)c3)ccc21. The van der Waals surface area contributed by atoms with Gasteiger partial charge in [0.05, 0.1) is 19.1 Å². The molecule has 0 amide bonds. The molecule has 0 aliphatic carbocycles. The maximum atomic E-state index is 11.5. The Labute approximate surface area is 188 Å². The number of nitrogens with one attached hydrogen (secondary N) is 1. The zero-order valence-electron chi connectivity index (χ0n) is 18.4. The molecule has 0 aliphatic heterocycles. The molecule has 3 N–H and O–H groups in total. The minimum absolute atomic E-state index is 0.393. The molecule has 0 bridgehead atoms. The second-order valence-corrected chi connectivity index (χ2v) is 9.44. The van der Waals surface area contributed by atoms with Gasteiger partial charge in [0.15, 0.2) is 0 Å². The molecule has 4 aromatic rings. The number of aryl methyl sites for hydroxylation is 1. The lowest BCUT2D eigenvalue weighted by atomic mass is 10.0. The number of nitrogens with two attached hydrogens (primary N) is 1. The summed E-state index contributed by atoms with van der Waals surface area (Å²) < 4.78 is 33.2. The average Bonchev–Trinajstić information content (AvgIpc) is 3.11. The Morgan fingerprint density at radius 3 is 2.28 bits per heavy atom. The predicted octanol–water partition coefficient (Wildman–Crippen LogP) is 4.83. The molecule has 0 fully saturated rings. The van der Waals surface area contributed by atoms with E-state index in [0.717, 1.165) is 57.4 Å². The molecule has 0 atom stereocenters. The van der Waals surface area contributed by atoms with E-state index < -0.39 is 10.0 Å². The normalized spacial score (nSPS) is 11.6. The largest absolute Gasteiger partial charge is 0.497 e. The first kappa shape index (κ1) is 21.9. The van der Waals surface area contributed by atoms with Crippen LogP contribution >= 0.6 is 0 Å². The summed E-state index contributed by atoms with van der Waals surface area (Å²) in [4.78, 5) is 0. The summed E-state index contributed by atoms with van der Waals surface area (Å²) in [6.45, 7) is 3.29.